The van der Waals surface area contributed by atoms with E-state index in [1.165, 1.54) is 4.88 Å². The minimum Gasteiger partial charge on any atom is -0.497 e. The third kappa shape index (κ3) is 4.10. The molecule has 0 fully saturated rings. The highest BCUT2D eigenvalue weighted by Crippen LogP contribution is 2.15. The summed E-state index contributed by atoms with van der Waals surface area (Å²) in [5.41, 5.74) is 1.13. The van der Waals surface area contributed by atoms with Crippen LogP contribution in [-0.4, -0.2) is 25.0 Å². The van der Waals surface area contributed by atoms with Crippen LogP contribution in [0, 0.1) is 0 Å². The number of carbonyl (C=O) groups is 1. The SMILES string of the molecule is COc1cccc(CCC(=O)N(C)Cc2cccs2)c1. The smallest absolute Gasteiger partial charge is 0.222 e. The molecule has 0 atom stereocenters. The predicted octanol–water partition coefficient (Wildman–Crippen LogP) is 3.35. The van der Waals surface area contributed by atoms with Crippen LogP contribution >= 0.6 is 11.3 Å². The summed E-state index contributed by atoms with van der Waals surface area (Å²) in [5, 5.41) is 2.03. The van der Waals surface area contributed by atoms with E-state index in [4.69, 9.17) is 4.74 Å². The lowest BCUT2D eigenvalue weighted by Crippen LogP contribution is -2.25. The second kappa shape index (κ2) is 7.10. The van der Waals surface area contributed by atoms with Crippen LogP contribution in [0.4, 0.5) is 0 Å². The topological polar surface area (TPSA) is 29.5 Å². The highest BCUT2D eigenvalue weighted by molar-refractivity contribution is 7.09. The molecule has 20 heavy (non-hydrogen) atoms. The van der Waals surface area contributed by atoms with Gasteiger partial charge in [-0.05, 0) is 35.6 Å². The Morgan fingerprint density at radius 2 is 2.15 bits per heavy atom. The van der Waals surface area contributed by atoms with E-state index in [1.54, 1.807) is 23.3 Å². The number of aryl methyl sites for hydroxylation is 1. The normalized spacial score (nSPS) is 10.3. The lowest BCUT2D eigenvalue weighted by atomic mass is 10.1. The second-order valence-corrected chi connectivity index (χ2v) is 5.71. The van der Waals surface area contributed by atoms with Gasteiger partial charge >= 0.3 is 0 Å². The maximum atomic E-state index is 12.1. The Morgan fingerprint density at radius 1 is 1.30 bits per heavy atom. The lowest BCUT2D eigenvalue weighted by molar-refractivity contribution is -0.130. The first-order chi connectivity index (χ1) is 9.69. The molecule has 0 saturated carbocycles. The molecule has 1 heterocycles. The van der Waals surface area contributed by atoms with Crippen molar-refractivity contribution in [1.82, 2.24) is 4.90 Å². The van der Waals surface area contributed by atoms with E-state index < -0.39 is 0 Å². The standard InChI is InChI=1S/C16H19NO2S/c1-17(12-15-7-4-10-20-15)16(18)9-8-13-5-3-6-14(11-13)19-2/h3-7,10-11H,8-9,12H2,1-2H3. The van der Waals surface area contributed by atoms with Crippen molar-refractivity contribution in [2.45, 2.75) is 19.4 Å². The number of nitrogens with zero attached hydrogens (tertiary/aromatic N) is 1. The molecule has 0 aliphatic heterocycles. The zero-order chi connectivity index (χ0) is 14.4. The molecule has 1 aromatic heterocycles. The Hall–Kier alpha value is -1.81. The number of rotatable bonds is 6. The van der Waals surface area contributed by atoms with Gasteiger partial charge in [-0.2, -0.15) is 0 Å². The van der Waals surface area contributed by atoms with E-state index in [0.29, 0.717) is 13.0 Å². The third-order valence-electron chi connectivity index (χ3n) is 3.16. The van der Waals surface area contributed by atoms with Gasteiger partial charge in [0.05, 0.1) is 13.7 Å². The molecule has 0 bridgehead atoms. The Balaban J connectivity index is 1.84. The third-order valence-corrected chi connectivity index (χ3v) is 4.02. The van der Waals surface area contributed by atoms with Crippen molar-refractivity contribution < 1.29 is 9.53 Å². The first kappa shape index (κ1) is 14.6. The van der Waals surface area contributed by atoms with Crippen LogP contribution in [0.2, 0.25) is 0 Å². The van der Waals surface area contributed by atoms with E-state index in [-0.39, 0.29) is 5.91 Å². The number of ether oxygens (including phenoxy) is 1. The van der Waals surface area contributed by atoms with Gasteiger partial charge in [-0.25, -0.2) is 0 Å². The zero-order valence-corrected chi connectivity index (χ0v) is 12.7. The van der Waals surface area contributed by atoms with Crippen LogP contribution in [0.3, 0.4) is 0 Å². The summed E-state index contributed by atoms with van der Waals surface area (Å²) in [6.45, 7) is 0.689. The minimum atomic E-state index is 0.168. The molecular weight excluding hydrogens is 270 g/mol. The number of carbonyl (C=O) groups excluding carboxylic acids is 1. The molecule has 2 aromatic rings. The number of benzene rings is 1. The van der Waals surface area contributed by atoms with Gasteiger partial charge in [0.2, 0.25) is 5.91 Å². The van der Waals surface area contributed by atoms with Crippen molar-refractivity contribution in [2.24, 2.45) is 0 Å². The van der Waals surface area contributed by atoms with Gasteiger partial charge in [0.25, 0.3) is 0 Å². The number of amides is 1. The lowest BCUT2D eigenvalue weighted by Gasteiger charge is -2.16. The molecular formula is C16H19NO2S. The van der Waals surface area contributed by atoms with E-state index >= 15 is 0 Å². The number of methoxy groups -OCH3 is 1. The van der Waals surface area contributed by atoms with Gasteiger partial charge in [0.1, 0.15) is 5.75 Å². The van der Waals surface area contributed by atoms with Crippen molar-refractivity contribution in [1.29, 1.82) is 0 Å². The van der Waals surface area contributed by atoms with Crippen LogP contribution in [0.25, 0.3) is 0 Å². The van der Waals surface area contributed by atoms with Crippen molar-refractivity contribution >= 4 is 17.2 Å². The maximum absolute atomic E-state index is 12.1. The molecule has 4 heteroatoms. The number of thiophene rings is 1. The van der Waals surface area contributed by atoms with Gasteiger partial charge in [0.15, 0.2) is 0 Å². The van der Waals surface area contributed by atoms with Crippen LogP contribution < -0.4 is 4.74 Å². The molecule has 1 aromatic carbocycles. The van der Waals surface area contributed by atoms with E-state index in [9.17, 15) is 4.79 Å². The minimum absolute atomic E-state index is 0.168. The molecule has 0 aliphatic rings. The van der Waals surface area contributed by atoms with Gasteiger partial charge in [-0.15, -0.1) is 11.3 Å². The summed E-state index contributed by atoms with van der Waals surface area (Å²) in [4.78, 5) is 15.1. The van der Waals surface area contributed by atoms with Gasteiger partial charge in [-0.1, -0.05) is 18.2 Å². The fraction of sp³-hybridized carbons (Fsp3) is 0.312. The van der Waals surface area contributed by atoms with Crippen LogP contribution in [-0.2, 0) is 17.8 Å². The Kier molecular flexibility index (Phi) is 5.18. The van der Waals surface area contributed by atoms with Crippen LogP contribution in [0.1, 0.15) is 16.9 Å². The summed E-state index contributed by atoms with van der Waals surface area (Å²) in [7, 11) is 3.51. The summed E-state index contributed by atoms with van der Waals surface area (Å²) in [6.07, 6.45) is 1.26. The summed E-state index contributed by atoms with van der Waals surface area (Å²) in [6, 6.07) is 11.9. The number of hydrogen-bond acceptors (Lipinski definition) is 3. The molecule has 106 valence electrons. The maximum Gasteiger partial charge on any atom is 0.222 e. The molecule has 2 rings (SSSR count). The highest BCUT2D eigenvalue weighted by atomic mass is 32.1. The number of hydrogen-bond donors (Lipinski definition) is 0. The van der Waals surface area contributed by atoms with Crippen LogP contribution in [0.15, 0.2) is 41.8 Å². The summed E-state index contributed by atoms with van der Waals surface area (Å²) in [5.74, 6) is 1.00. The second-order valence-electron chi connectivity index (χ2n) is 4.68. The summed E-state index contributed by atoms with van der Waals surface area (Å²) >= 11 is 1.68. The molecule has 0 unspecified atom stereocenters. The fourth-order valence-corrected chi connectivity index (χ4v) is 2.75. The zero-order valence-electron chi connectivity index (χ0n) is 11.8. The summed E-state index contributed by atoms with van der Waals surface area (Å²) < 4.78 is 5.19. The Labute approximate surface area is 123 Å². The molecule has 0 N–H and O–H groups in total. The molecule has 0 spiro atoms. The van der Waals surface area contributed by atoms with E-state index in [0.717, 1.165) is 17.7 Å². The molecule has 0 aliphatic carbocycles. The average molecular weight is 289 g/mol. The first-order valence-corrected chi connectivity index (χ1v) is 7.46. The van der Waals surface area contributed by atoms with Crippen molar-refractivity contribution in [3.05, 3.63) is 52.2 Å². The van der Waals surface area contributed by atoms with Crippen molar-refractivity contribution in [2.75, 3.05) is 14.2 Å². The fourth-order valence-electron chi connectivity index (χ4n) is 1.99. The molecule has 0 saturated heterocycles. The van der Waals surface area contributed by atoms with Gasteiger partial charge < -0.3 is 9.64 Å². The molecule has 0 radical (unpaired) electrons. The van der Waals surface area contributed by atoms with Crippen molar-refractivity contribution in [3.63, 3.8) is 0 Å². The quantitative estimate of drug-likeness (QED) is 0.816. The highest BCUT2D eigenvalue weighted by Gasteiger charge is 2.10. The van der Waals surface area contributed by atoms with Gasteiger partial charge in [0, 0.05) is 18.3 Å². The average Bonchev–Trinajstić information content (AvgIpc) is 2.97. The first-order valence-electron chi connectivity index (χ1n) is 6.58. The molecule has 3 nitrogen and oxygen atoms in total. The van der Waals surface area contributed by atoms with Gasteiger partial charge in [-0.3, -0.25) is 4.79 Å². The van der Waals surface area contributed by atoms with E-state index in [2.05, 4.69) is 6.07 Å². The predicted molar refractivity (Wildman–Crippen MR) is 82.1 cm³/mol. The monoisotopic (exact) mass is 289 g/mol. The largest absolute Gasteiger partial charge is 0.497 e. The van der Waals surface area contributed by atoms with E-state index in [1.807, 2.05) is 42.8 Å². The molecule has 1 amide bonds. The van der Waals surface area contributed by atoms with Crippen molar-refractivity contribution in [3.8, 4) is 5.75 Å². The Morgan fingerprint density at radius 3 is 2.85 bits per heavy atom. The Bertz CT molecular complexity index is 551. The van der Waals surface area contributed by atoms with Crippen LogP contribution in [0.5, 0.6) is 5.75 Å².